The summed E-state index contributed by atoms with van der Waals surface area (Å²) in [6.45, 7) is 0. The number of carbonyl (C=O) groups is 3. The first-order valence-electron chi connectivity index (χ1n) is 7.50. The molecule has 2 amide bonds. The molecule has 1 aliphatic heterocycles. The first kappa shape index (κ1) is 14.3. The van der Waals surface area contributed by atoms with Crippen LogP contribution >= 0.6 is 0 Å². The molecule has 6 heteroatoms. The molecule has 3 aromatic rings. The van der Waals surface area contributed by atoms with Gasteiger partial charge in [0.1, 0.15) is 0 Å². The number of para-hydroxylation sites is 1. The highest BCUT2D eigenvalue weighted by Crippen LogP contribution is 2.24. The maximum absolute atomic E-state index is 12.4. The van der Waals surface area contributed by atoms with Crippen LogP contribution in [0.3, 0.4) is 0 Å². The minimum Gasteiger partial charge on any atom is -0.325 e. The van der Waals surface area contributed by atoms with Crippen molar-refractivity contribution in [3.63, 3.8) is 0 Å². The van der Waals surface area contributed by atoms with E-state index in [0.29, 0.717) is 16.0 Å². The molecule has 0 N–H and O–H groups in total. The van der Waals surface area contributed by atoms with E-state index in [1.165, 1.54) is 0 Å². The normalized spacial score (nSPS) is 14.6. The van der Waals surface area contributed by atoms with E-state index in [-0.39, 0.29) is 18.4 Å². The SMILES string of the molecule is O=C(ON1C(=O)CCC1=O)c1cccc2nc3ccccc3cc12. The van der Waals surface area contributed by atoms with E-state index >= 15 is 0 Å². The van der Waals surface area contributed by atoms with E-state index in [1.54, 1.807) is 18.2 Å². The van der Waals surface area contributed by atoms with E-state index in [4.69, 9.17) is 4.84 Å². The van der Waals surface area contributed by atoms with E-state index < -0.39 is 17.8 Å². The van der Waals surface area contributed by atoms with Crippen LogP contribution < -0.4 is 0 Å². The molecule has 118 valence electrons. The lowest BCUT2D eigenvalue weighted by molar-refractivity contribution is -0.172. The minimum atomic E-state index is -0.749. The summed E-state index contributed by atoms with van der Waals surface area (Å²) in [7, 11) is 0. The molecule has 0 unspecified atom stereocenters. The Hall–Kier alpha value is -3.28. The van der Waals surface area contributed by atoms with Gasteiger partial charge in [0.15, 0.2) is 0 Å². The van der Waals surface area contributed by atoms with Crippen LogP contribution in [0.4, 0.5) is 0 Å². The van der Waals surface area contributed by atoms with Crippen molar-refractivity contribution < 1.29 is 19.2 Å². The first-order chi connectivity index (χ1) is 11.6. The molecule has 0 bridgehead atoms. The summed E-state index contributed by atoms with van der Waals surface area (Å²) in [5, 5.41) is 2.05. The Kier molecular flexibility index (Phi) is 3.23. The fraction of sp³-hybridized carbons (Fsp3) is 0.111. The predicted octanol–water partition coefficient (Wildman–Crippen LogP) is 2.61. The predicted molar refractivity (Wildman–Crippen MR) is 85.8 cm³/mol. The zero-order chi connectivity index (χ0) is 16.7. The molecule has 6 nitrogen and oxygen atoms in total. The molecule has 1 aliphatic rings. The lowest BCUT2D eigenvalue weighted by Gasteiger charge is -2.13. The van der Waals surface area contributed by atoms with E-state index in [2.05, 4.69) is 4.98 Å². The molecule has 0 saturated carbocycles. The quantitative estimate of drug-likeness (QED) is 0.536. The number of hydrogen-bond donors (Lipinski definition) is 0. The molecule has 0 spiro atoms. The third kappa shape index (κ3) is 2.28. The zero-order valence-corrected chi connectivity index (χ0v) is 12.6. The fourth-order valence-corrected chi connectivity index (χ4v) is 2.77. The topological polar surface area (TPSA) is 76.6 Å². The van der Waals surface area contributed by atoms with Gasteiger partial charge in [-0.25, -0.2) is 9.78 Å². The van der Waals surface area contributed by atoms with Crippen molar-refractivity contribution in [3.05, 3.63) is 54.1 Å². The van der Waals surface area contributed by atoms with Crippen LogP contribution in [0.1, 0.15) is 23.2 Å². The summed E-state index contributed by atoms with van der Waals surface area (Å²) in [4.78, 5) is 45.2. The van der Waals surface area contributed by atoms with Crippen molar-refractivity contribution in [2.75, 3.05) is 0 Å². The Morgan fingerprint density at radius 1 is 0.958 bits per heavy atom. The van der Waals surface area contributed by atoms with Gasteiger partial charge in [0, 0.05) is 23.6 Å². The molecular formula is C18H12N2O4. The van der Waals surface area contributed by atoms with Crippen molar-refractivity contribution in [1.29, 1.82) is 0 Å². The molecular weight excluding hydrogens is 308 g/mol. The second-order valence-electron chi connectivity index (χ2n) is 5.51. The van der Waals surface area contributed by atoms with Crippen LogP contribution in [-0.2, 0) is 14.4 Å². The van der Waals surface area contributed by atoms with Crippen LogP contribution in [0, 0.1) is 0 Å². The second-order valence-corrected chi connectivity index (χ2v) is 5.51. The van der Waals surface area contributed by atoms with Crippen molar-refractivity contribution >= 4 is 39.6 Å². The Morgan fingerprint density at radius 2 is 1.67 bits per heavy atom. The van der Waals surface area contributed by atoms with Gasteiger partial charge in [-0.05, 0) is 24.3 Å². The van der Waals surface area contributed by atoms with E-state index in [0.717, 1.165) is 10.9 Å². The Labute approximate surface area is 136 Å². The third-order valence-electron chi connectivity index (χ3n) is 3.96. The van der Waals surface area contributed by atoms with Gasteiger partial charge >= 0.3 is 5.97 Å². The van der Waals surface area contributed by atoms with E-state index in [9.17, 15) is 14.4 Å². The molecule has 2 heterocycles. The number of hydrogen-bond acceptors (Lipinski definition) is 5. The van der Waals surface area contributed by atoms with Gasteiger partial charge in [-0.1, -0.05) is 24.3 Å². The standard InChI is InChI=1S/C18H12N2O4/c21-16-8-9-17(22)20(16)24-18(23)12-5-3-7-15-13(12)10-11-4-1-2-6-14(11)19-15/h1-7,10H,8-9H2. The monoisotopic (exact) mass is 320 g/mol. The van der Waals surface area contributed by atoms with Crippen LogP contribution in [-0.4, -0.2) is 27.8 Å². The number of benzene rings is 2. The van der Waals surface area contributed by atoms with Gasteiger partial charge in [0.2, 0.25) is 0 Å². The maximum Gasteiger partial charge on any atom is 0.364 e. The third-order valence-corrected chi connectivity index (χ3v) is 3.96. The average molecular weight is 320 g/mol. The number of imide groups is 1. The summed E-state index contributed by atoms with van der Waals surface area (Å²) in [6, 6.07) is 14.5. The molecule has 4 rings (SSSR count). The zero-order valence-electron chi connectivity index (χ0n) is 12.6. The number of aromatic nitrogens is 1. The van der Waals surface area contributed by atoms with Crippen LogP contribution in [0.15, 0.2) is 48.5 Å². The number of hydroxylamine groups is 2. The second kappa shape index (κ2) is 5.42. The van der Waals surface area contributed by atoms with Crippen LogP contribution in [0.25, 0.3) is 21.8 Å². The number of nitrogens with zero attached hydrogens (tertiary/aromatic N) is 2. The van der Waals surface area contributed by atoms with Crippen LogP contribution in [0.5, 0.6) is 0 Å². The highest BCUT2D eigenvalue weighted by atomic mass is 16.7. The highest BCUT2D eigenvalue weighted by Gasteiger charge is 2.33. The molecule has 1 saturated heterocycles. The smallest absolute Gasteiger partial charge is 0.325 e. The fourth-order valence-electron chi connectivity index (χ4n) is 2.77. The number of fused-ring (bicyclic) bond motifs is 2. The minimum absolute atomic E-state index is 0.0633. The largest absolute Gasteiger partial charge is 0.364 e. The highest BCUT2D eigenvalue weighted by molar-refractivity contribution is 6.08. The molecule has 0 aliphatic carbocycles. The van der Waals surface area contributed by atoms with Gasteiger partial charge < -0.3 is 4.84 Å². The molecule has 1 aromatic heterocycles. The number of rotatable bonds is 2. The van der Waals surface area contributed by atoms with Gasteiger partial charge in [-0.15, -0.1) is 5.06 Å². The Bertz CT molecular complexity index is 996. The van der Waals surface area contributed by atoms with Gasteiger partial charge in [-0.3, -0.25) is 9.59 Å². The van der Waals surface area contributed by atoms with Gasteiger partial charge in [0.25, 0.3) is 11.8 Å². The van der Waals surface area contributed by atoms with Crippen LogP contribution in [0.2, 0.25) is 0 Å². The Balaban J connectivity index is 1.78. The lowest BCUT2D eigenvalue weighted by Crippen LogP contribution is -2.32. The van der Waals surface area contributed by atoms with Crippen molar-refractivity contribution in [1.82, 2.24) is 10.0 Å². The van der Waals surface area contributed by atoms with Gasteiger partial charge in [0.05, 0.1) is 16.6 Å². The maximum atomic E-state index is 12.4. The molecule has 1 fully saturated rings. The number of pyridine rings is 1. The number of amides is 2. The molecule has 0 radical (unpaired) electrons. The number of carbonyl (C=O) groups excluding carboxylic acids is 3. The van der Waals surface area contributed by atoms with Crippen molar-refractivity contribution in [3.8, 4) is 0 Å². The Morgan fingerprint density at radius 3 is 2.46 bits per heavy atom. The lowest BCUT2D eigenvalue weighted by atomic mass is 10.1. The van der Waals surface area contributed by atoms with Crippen molar-refractivity contribution in [2.24, 2.45) is 0 Å². The summed E-state index contributed by atoms with van der Waals surface area (Å²) < 4.78 is 0. The van der Waals surface area contributed by atoms with E-state index in [1.807, 2.05) is 30.3 Å². The molecule has 2 aromatic carbocycles. The summed E-state index contributed by atoms with van der Waals surface area (Å²) in [5.41, 5.74) is 1.72. The molecule has 0 atom stereocenters. The first-order valence-corrected chi connectivity index (χ1v) is 7.50. The summed E-state index contributed by atoms with van der Waals surface area (Å²) in [5.74, 6) is -1.75. The summed E-state index contributed by atoms with van der Waals surface area (Å²) >= 11 is 0. The van der Waals surface area contributed by atoms with Gasteiger partial charge in [-0.2, -0.15) is 0 Å². The van der Waals surface area contributed by atoms with Crippen molar-refractivity contribution in [2.45, 2.75) is 12.8 Å². The molecule has 24 heavy (non-hydrogen) atoms. The average Bonchev–Trinajstić information content (AvgIpc) is 2.91. The summed E-state index contributed by atoms with van der Waals surface area (Å²) in [6.07, 6.45) is 0.127.